The Morgan fingerprint density at radius 2 is 1.95 bits per heavy atom. The van der Waals surface area contributed by atoms with E-state index in [0.29, 0.717) is 6.07 Å². The minimum absolute atomic E-state index is 0.0495. The van der Waals surface area contributed by atoms with Gasteiger partial charge >= 0.3 is 6.18 Å². The number of benzene rings is 1. The normalized spacial score (nSPS) is 13.6. The average molecular weight is 277 g/mol. The van der Waals surface area contributed by atoms with E-state index >= 15 is 0 Å². The lowest BCUT2D eigenvalue weighted by molar-refractivity contribution is -0.385. The molecule has 0 aliphatic heterocycles. The van der Waals surface area contributed by atoms with Gasteiger partial charge in [-0.25, -0.2) is 0 Å². The van der Waals surface area contributed by atoms with Gasteiger partial charge < -0.3 is 5.11 Å². The third-order valence-corrected chi connectivity index (χ3v) is 2.81. The Labute approximate surface area is 108 Å². The van der Waals surface area contributed by atoms with Crippen molar-refractivity contribution in [1.82, 2.24) is 0 Å². The molecule has 7 heteroatoms. The number of rotatable bonds is 4. The van der Waals surface area contributed by atoms with Gasteiger partial charge in [-0.3, -0.25) is 10.1 Å². The molecule has 0 amide bonds. The van der Waals surface area contributed by atoms with Gasteiger partial charge in [-0.1, -0.05) is 19.9 Å². The summed E-state index contributed by atoms with van der Waals surface area (Å²) in [5.41, 5.74) is -1.59. The van der Waals surface area contributed by atoms with Crippen LogP contribution in [0.4, 0.5) is 18.9 Å². The predicted octanol–water partition coefficient (Wildman–Crippen LogP) is 3.17. The van der Waals surface area contributed by atoms with Crippen LogP contribution in [-0.2, 0) is 12.6 Å². The monoisotopic (exact) mass is 277 g/mol. The van der Waals surface area contributed by atoms with E-state index in [9.17, 15) is 28.4 Å². The molecule has 0 aliphatic carbocycles. The third-order valence-electron chi connectivity index (χ3n) is 2.81. The molecule has 1 aromatic carbocycles. The minimum atomic E-state index is -4.63. The maximum absolute atomic E-state index is 12.5. The largest absolute Gasteiger partial charge is 0.416 e. The van der Waals surface area contributed by atoms with Gasteiger partial charge in [0.1, 0.15) is 0 Å². The lowest BCUT2D eigenvalue weighted by Crippen LogP contribution is -2.18. The molecule has 1 rings (SSSR count). The summed E-state index contributed by atoms with van der Waals surface area (Å²) < 4.78 is 37.4. The topological polar surface area (TPSA) is 63.4 Å². The first-order chi connectivity index (χ1) is 8.62. The smallest absolute Gasteiger partial charge is 0.393 e. The quantitative estimate of drug-likeness (QED) is 0.679. The Balaban J connectivity index is 3.16. The molecule has 0 radical (unpaired) electrons. The van der Waals surface area contributed by atoms with Crippen LogP contribution >= 0.6 is 0 Å². The molecule has 0 bridgehead atoms. The predicted molar refractivity (Wildman–Crippen MR) is 62.6 cm³/mol. The van der Waals surface area contributed by atoms with Gasteiger partial charge in [0.2, 0.25) is 0 Å². The maximum Gasteiger partial charge on any atom is 0.416 e. The first kappa shape index (κ1) is 15.4. The summed E-state index contributed by atoms with van der Waals surface area (Å²) in [6, 6.07) is 2.34. The summed E-state index contributed by atoms with van der Waals surface area (Å²) in [5, 5.41) is 20.5. The van der Waals surface area contributed by atoms with Crippen molar-refractivity contribution in [2.24, 2.45) is 5.92 Å². The molecule has 1 N–H and O–H groups in total. The third kappa shape index (κ3) is 3.92. The van der Waals surface area contributed by atoms with Crippen LogP contribution in [-0.4, -0.2) is 16.1 Å². The second kappa shape index (κ2) is 5.56. The van der Waals surface area contributed by atoms with Crippen LogP contribution in [0.25, 0.3) is 0 Å². The molecule has 4 nitrogen and oxygen atoms in total. The Bertz CT molecular complexity index is 472. The lowest BCUT2D eigenvalue weighted by atomic mass is 9.97. The summed E-state index contributed by atoms with van der Waals surface area (Å²) >= 11 is 0. The van der Waals surface area contributed by atoms with E-state index in [1.807, 2.05) is 0 Å². The van der Waals surface area contributed by atoms with E-state index in [4.69, 9.17) is 0 Å². The van der Waals surface area contributed by atoms with Gasteiger partial charge in [0.05, 0.1) is 16.6 Å². The first-order valence-corrected chi connectivity index (χ1v) is 5.65. The van der Waals surface area contributed by atoms with Gasteiger partial charge in [-0.05, 0) is 12.0 Å². The lowest BCUT2D eigenvalue weighted by Gasteiger charge is -2.15. The number of aliphatic hydroxyl groups is 1. The number of nitrogens with zero attached hydrogens (tertiary/aromatic N) is 1. The fraction of sp³-hybridized carbons (Fsp3) is 0.500. The van der Waals surface area contributed by atoms with Crippen molar-refractivity contribution in [3.63, 3.8) is 0 Å². The van der Waals surface area contributed by atoms with E-state index in [-0.39, 0.29) is 17.9 Å². The van der Waals surface area contributed by atoms with Crippen LogP contribution in [0.1, 0.15) is 25.0 Å². The second-order valence-electron chi connectivity index (χ2n) is 4.61. The van der Waals surface area contributed by atoms with Crippen molar-refractivity contribution in [1.29, 1.82) is 0 Å². The van der Waals surface area contributed by atoms with Crippen LogP contribution in [0.15, 0.2) is 18.2 Å². The van der Waals surface area contributed by atoms with Crippen LogP contribution < -0.4 is 0 Å². The maximum atomic E-state index is 12.5. The molecule has 0 fully saturated rings. The number of alkyl halides is 3. The molecule has 1 aromatic rings. The SMILES string of the molecule is CC(C)C(O)Cc1ccc(C(F)(F)F)cc1[N+](=O)[O-]. The van der Waals surface area contributed by atoms with E-state index in [1.54, 1.807) is 13.8 Å². The minimum Gasteiger partial charge on any atom is -0.393 e. The van der Waals surface area contributed by atoms with Crippen molar-refractivity contribution >= 4 is 5.69 Å². The number of hydrogen-bond donors (Lipinski definition) is 1. The molecule has 0 saturated heterocycles. The number of nitro groups is 1. The van der Waals surface area contributed by atoms with Gasteiger partial charge in [0.15, 0.2) is 0 Å². The summed E-state index contributed by atoms with van der Waals surface area (Å²) in [6.45, 7) is 3.45. The van der Waals surface area contributed by atoms with Crippen LogP contribution in [0.2, 0.25) is 0 Å². The number of hydrogen-bond acceptors (Lipinski definition) is 3. The van der Waals surface area contributed by atoms with E-state index in [1.165, 1.54) is 0 Å². The van der Waals surface area contributed by atoms with E-state index < -0.39 is 28.5 Å². The van der Waals surface area contributed by atoms with Crippen molar-refractivity contribution in [3.8, 4) is 0 Å². The Morgan fingerprint density at radius 1 is 1.37 bits per heavy atom. The van der Waals surface area contributed by atoms with Gasteiger partial charge in [0.25, 0.3) is 5.69 Å². The highest BCUT2D eigenvalue weighted by Crippen LogP contribution is 2.33. The van der Waals surface area contributed by atoms with Gasteiger partial charge in [-0.15, -0.1) is 0 Å². The standard InChI is InChI=1S/C12H14F3NO3/c1-7(2)11(17)5-8-3-4-9(12(13,14)15)6-10(8)16(18)19/h3-4,6-7,11,17H,5H2,1-2H3. The number of nitro benzene ring substituents is 1. The molecule has 0 aliphatic rings. The van der Waals surface area contributed by atoms with Crippen LogP contribution in [0, 0.1) is 16.0 Å². The zero-order chi connectivity index (χ0) is 14.8. The van der Waals surface area contributed by atoms with E-state index in [2.05, 4.69) is 0 Å². The first-order valence-electron chi connectivity index (χ1n) is 5.65. The van der Waals surface area contributed by atoms with Crippen LogP contribution in [0.5, 0.6) is 0 Å². The molecule has 0 spiro atoms. The van der Waals surface area contributed by atoms with Gasteiger partial charge in [-0.2, -0.15) is 13.2 Å². The molecular formula is C12H14F3NO3. The molecule has 0 aromatic heterocycles. The van der Waals surface area contributed by atoms with E-state index in [0.717, 1.165) is 12.1 Å². The summed E-state index contributed by atoms with van der Waals surface area (Å²) in [5.74, 6) is -0.137. The Kier molecular flexibility index (Phi) is 4.52. The summed E-state index contributed by atoms with van der Waals surface area (Å²) in [6.07, 6.45) is -5.51. The molecule has 19 heavy (non-hydrogen) atoms. The highest BCUT2D eigenvalue weighted by atomic mass is 19.4. The Morgan fingerprint density at radius 3 is 2.37 bits per heavy atom. The van der Waals surface area contributed by atoms with Crippen molar-refractivity contribution in [2.45, 2.75) is 32.5 Å². The van der Waals surface area contributed by atoms with Gasteiger partial charge in [0, 0.05) is 18.1 Å². The van der Waals surface area contributed by atoms with Crippen molar-refractivity contribution < 1.29 is 23.2 Å². The Hall–Kier alpha value is -1.63. The second-order valence-corrected chi connectivity index (χ2v) is 4.61. The summed E-state index contributed by atoms with van der Waals surface area (Å²) in [7, 11) is 0. The van der Waals surface area contributed by atoms with Crippen LogP contribution in [0.3, 0.4) is 0 Å². The number of halogens is 3. The van der Waals surface area contributed by atoms with Crippen molar-refractivity contribution in [2.75, 3.05) is 0 Å². The summed E-state index contributed by atoms with van der Waals surface area (Å²) in [4.78, 5) is 9.95. The fourth-order valence-corrected chi connectivity index (χ4v) is 1.54. The zero-order valence-electron chi connectivity index (χ0n) is 10.4. The molecule has 106 valence electrons. The van der Waals surface area contributed by atoms with Crippen molar-refractivity contribution in [3.05, 3.63) is 39.4 Å². The average Bonchev–Trinajstić information content (AvgIpc) is 2.27. The molecule has 1 unspecified atom stereocenters. The molecule has 0 saturated carbocycles. The molecule has 0 heterocycles. The highest BCUT2D eigenvalue weighted by molar-refractivity contribution is 5.44. The number of aliphatic hydroxyl groups excluding tert-OH is 1. The molecular weight excluding hydrogens is 263 g/mol. The molecule has 1 atom stereocenters. The fourth-order valence-electron chi connectivity index (χ4n) is 1.54. The zero-order valence-corrected chi connectivity index (χ0v) is 10.4. The highest BCUT2D eigenvalue weighted by Gasteiger charge is 2.33.